The molecule has 2 fully saturated rings. The first-order chi connectivity index (χ1) is 10.8. The van der Waals surface area contributed by atoms with E-state index in [1.165, 1.54) is 126 Å². The Bertz CT molecular complexity index is 288. The monoisotopic (exact) mass is 310 g/mol. The summed E-state index contributed by atoms with van der Waals surface area (Å²) in [4.78, 5) is 0. The minimum absolute atomic E-state index is 1.37. The fourth-order valence-corrected chi connectivity index (χ4v) is 5.21. The summed E-state index contributed by atoms with van der Waals surface area (Å²) in [5.74, 6) is 0. The largest absolute Gasteiger partial charge is 0.170 e. The van der Waals surface area contributed by atoms with Crippen molar-refractivity contribution in [2.75, 3.05) is 39.3 Å². The summed E-state index contributed by atoms with van der Waals surface area (Å²) in [5.41, 5.74) is 0. The van der Waals surface area contributed by atoms with E-state index in [1.54, 1.807) is 0 Å². The molecule has 0 aromatic heterocycles. The number of nitrogens with zero attached hydrogens (tertiary/aromatic N) is 2. The standard InChI is InChI=1S/C20H42N2/c1-3-5-7-10-16-22(19-13-9-14-20-22)21(15-6-4-2)17-11-8-12-18-21/h3-20H2,1-2H3/q+2. The van der Waals surface area contributed by atoms with Crippen LogP contribution < -0.4 is 0 Å². The van der Waals surface area contributed by atoms with Gasteiger partial charge in [0.15, 0.2) is 0 Å². The summed E-state index contributed by atoms with van der Waals surface area (Å²) in [7, 11) is 0. The van der Waals surface area contributed by atoms with Gasteiger partial charge in [-0.1, -0.05) is 33.1 Å². The molecule has 0 bridgehead atoms. The van der Waals surface area contributed by atoms with E-state index < -0.39 is 0 Å². The zero-order valence-electron chi connectivity index (χ0n) is 15.6. The van der Waals surface area contributed by atoms with Crippen molar-refractivity contribution in [3.8, 4) is 0 Å². The van der Waals surface area contributed by atoms with Gasteiger partial charge in [-0.05, 0) is 19.3 Å². The number of hydrogen-bond donors (Lipinski definition) is 0. The van der Waals surface area contributed by atoms with Crippen LogP contribution in [-0.2, 0) is 0 Å². The first-order valence-electron chi connectivity index (χ1n) is 10.5. The van der Waals surface area contributed by atoms with Crippen molar-refractivity contribution in [2.45, 2.75) is 90.9 Å². The Labute approximate surface area is 140 Å². The number of hydrogen-bond acceptors (Lipinski definition) is 0. The van der Waals surface area contributed by atoms with Gasteiger partial charge in [0.25, 0.3) is 0 Å². The first-order valence-corrected chi connectivity index (χ1v) is 10.5. The normalized spacial score (nSPS) is 24.3. The number of piperidine rings is 2. The molecular formula is C20H42N2+2. The van der Waals surface area contributed by atoms with Crippen LogP contribution in [0.2, 0.25) is 0 Å². The molecule has 0 aromatic carbocycles. The van der Waals surface area contributed by atoms with Crippen molar-refractivity contribution >= 4 is 0 Å². The van der Waals surface area contributed by atoms with E-state index in [1.807, 2.05) is 0 Å². The van der Waals surface area contributed by atoms with Gasteiger partial charge in [-0.3, -0.25) is 0 Å². The highest BCUT2D eigenvalue weighted by atomic mass is 15.9. The van der Waals surface area contributed by atoms with Gasteiger partial charge in [0.05, 0.1) is 0 Å². The van der Waals surface area contributed by atoms with Gasteiger partial charge in [-0.2, -0.15) is 9.18 Å². The highest BCUT2D eigenvalue weighted by molar-refractivity contribution is 4.56. The maximum atomic E-state index is 2.38. The number of unbranched alkanes of at least 4 members (excludes halogenated alkanes) is 4. The molecule has 0 amide bonds. The topological polar surface area (TPSA) is 0 Å². The molecule has 0 unspecified atom stereocenters. The molecule has 2 nitrogen and oxygen atoms in total. The maximum absolute atomic E-state index is 2.38. The van der Waals surface area contributed by atoms with Crippen LogP contribution in [0.3, 0.4) is 0 Å². The van der Waals surface area contributed by atoms with Crippen molar-refractivity contribution in [3.63, 3.8) is 0 Å². The third kappa shape index (κ3) is 4.26. The van der Waals surface area contributed by atoms with Gasteiger partial charge in [0, 0.05) is 38.5 Å². The van der Waals surface area contributed by atoms with E-state index in [-0.39, 0.29) is 0 Å². The van der Waals surface area contributed by atoms with Crippen LogP contribution in [0.5, 0.6) is 0 Å². The molecule has 2 heteroatoms. The van der Waals surface area contributed by atoms with E-state index in [0.29, 0.717) is 0 Å². The molecule has 22 heavy (non-hydrogen) atoms. The molecule has 0 aliphatic carbocycles. The SMILES string of the molecule is CCCCCC[N+]1([N+]2(CCCC)CCCCC2)CCCCC1. The van der Waals surface area contributed by atoms with Crippen molar-refractivity contribution < 1.29 is 9.18 Å². The van der Waals surface area contributed by atoms with E-state index in [4.69, 9.17) is 0 Å². The summed E-state index contributed by atoms with van der Waals surface area (Å²) in [6.07, 6.45) is 17.5. The molecule has 0 radical (unpaired) electrons. The van der Waals surface area contributed by atoms with Crippen LogP contribution in [0.1, 0.15) is 90.9 Å². The Balaban J connectivity index is 2.11. The summed E-state index contributed by atoms with van der Waals surface area (Å²) < 4.78 is 2.95. The minimum atomic E-state index is 1.37. The van der Waals surface area contributed by atoms with Gasteiger partial charge in [0.2, 0.25) is 0 Å². The molecule has 2 aliphatic rings. The Kier molecular flexibility index (Phi) is 7.70. The second-order valence-electron chi connectivity index (χ2n) is 8.07. The molecule has 0 aromatic rings. The zero-order valence-corrected chi connectivity index (χ0v) is 15.6. The Morgan fingerprint density at radius 1 is 0.500 bits per heavy atom. The van der Waals surface area contributed by atoms with Crippen LogP contribution in [0.4, 0.5) is 0 Å². The Morgan fingerprint density at radius 3 is 1.41 bits per heavy atom. The van der Waals surface area contributed by atoms with Gasteiger partial charge >= 0.3 is 0 Å². The molecule has 2 aliphatic heterocycles. The molecule has 2 saturated heterocycles. The smallest absolute Gasteiger partial charge is 0.122 e. The van der Waals surface area contributed by atoms with E-state index in [0.717, 1.165) is 0 Å². The molecule has 130 valence electrons. The van der Waals surface area contributed by atoms with E-state index in [9.17, 15) is 0 Å². The highest BCUT2D eigenvalue weighted by Crippen LogP contribution is 2.34. The third-order valence-electron chi connectivity index (χ3n) is 6.55. The lowest BCUT2D eigenvalue weighted by Crippen LogP contribution is -2.75. The third-order valence-corrected chi connectivity index (χ3v) is 6.55. The molecule has 0 spiro atoms. The second-order valence-corrected chi connectivity index (χ2v) is 8.07. The minimum Gasteiger partial charge on any atom is -0.170 e. The number of quaternary nitrogens is 2. The van der Waals surface area contributed by atoms with Crippen LogP contribution >= 0.6 is 0 Å². The molecular weight excluding hydrogens is 268 g/mol. The summed E-state index contributed by atoms with van der Waals surface area (Å²) >= 11 is 0. The van der Waals surface area contributed by atoms with Crippen LogP contribution in [0.15, 0.2) is 0 Å². The number of rotatable bonds is 9. The predicted molar refractivity (Wildman–Crippen MR) is 96.5 cm³/mol. The summed E-state index contributed by atoms with van der Waals surface area (Å²) in [6, 6.07) is 0. The van der Waals surface area contributed by atoms with E-state index in [2.05, 4.69) is 13.8 Å². The number of likely N-dealkylation sites (tertiary alicyclic amines) is 2. The van der Waals surface area contributed by atoms with Gasteiger partial charge in [-0.25, -0.2) is 0 Å². The average molecular weight is 311 g/mol. The van der Waals surface area contributed by atoms with E-state index >= 15 is 0 Å². The Hall–Kier alpha value is -0.0800. The van der Waals surface area contributed by atoms with Crippen molar-refractivity contribution in [2.24, 2.45) is 0 Å². The summed E-state index contributed by atoms with van der Waals surface area (Å²) in [5, 5.41) is 0. The van der Waals surface area contributed by atoms with Crippen LogP contribution in [-0.4, -0.2) is 48.5 Å². The lowest BCUT2D eigenvalue weighted by Gasteiger charge is -2.56. The summed E-state index contributed by atoms with van der Waals surface area (Å²) in [6.45, 7) is 13.6. The first kappa shape index (κ1) is 18.3. The van der Waals surface area contributed by atoms with Crippen LogP contribution in [0, 0.1) is 0 Å². The van der Waals surface area contributed by atoms with Gasteiger partial charge in [-0.15, -0.1) is 0 Å². The van der Waals surface area contributed by atoms with Crippen molar-refractivity contribution in [1.82, 2.24) is 0 Å². The molecule has 2 heterocycles. The van der Waals surface area contributed by atoms with Gasteiger partial charge < -0.3 is 0 Å². The highest BCUT2D eigenvalue weighted by Gasteiger charge is 2.50. The predicted octanol–water partition coefficient (Wildman–Crippen LogP) is 5.28. The Morgan fingerprint density at radius 2 is 0.955 bits per heavy atom. The fourth-order valence-electron chi connectivity index (χ4n) is 5.21. The molecule has 0 N–H and O–H groups in total. The fraction of sp³-hybridized carbons (Fsp3) is 1.00. The lowest BCUT2D eigenvalue weighted by atomic mass is 10.0. The lowest BCUT2D eigenvalue weighted by molar-refractivity contribution is -1.49. The quantitative estimate of drug-likeness (QED) is 0.401. The van der Waals surface area contributed by atoms with Crippen LogP contribution in [0.25, 0.3) is 0 Å². The molecule has 0 atom stereocenters. The molecule has 0 saturated carbocycles. The molecule has 2 rings (SSSR count). The van der Waals surface area contributed by atoms with Crippen molar-refractivity contribution in [3.05, 3.63) is 0 Å². The van der Waals surface area contributed by atoms with Crippen molar-refractivity contribution in [1.29, 1.82) is 0 Å². The zero-order chi connectivity index (χ0) is 15.7. The van der Waals surface area contributed by atoms with Gasteiger partial charge in [0.1, 0.15) is 39.3 Å². The second kappa shape index (κ2) is 9.27. The average Bonchev–Trinajstić information content (AvgIpc) is 2.58. The maximum Gasteiger partial charge on any atom is 0.122 e.